The Morgan fingerprint density at radius 3 is 2.77 bits per heavy atom. The van der Waals surface area contributed by atoms with Crippen LogP contribution < -0.4 is 14.4 Å². The molecule has 8 heteroatoms. The normalized spacial score (nSPS) is 15.7. The molecular formula is C22H23N3O4S. The fourth-order valence-electron chi connectivity index (χ4n) is 3.42. The van der Waals surface area contributed by atoms with Crippen LogP contribution in [0.1, 0.15) is 23.2 Å². The van der Waals surface area contributed by atoms with Crippen molar-refractivity contribution in [2.45, 2.75) is 18.9 Å². The fraction of sp³-hybridized carbons (Fsp3) is 0.318. The molecule has 1 fully saturated rings. The van der Waals surface area contributed by atoms with Gasteiger partial charge in [-0.05, 0) is 43.2 Å². The van der Waals surface area contributed by atoms with Crippen molar-refractivity contribution in [3.8, 4) is 22.8 Å². The van der Waals surface area contributed by atoms with Crippen molar-refractivity contribution < 1.29 is 19.0 Å². The highest BCUT2D eigenvalue weighted by molar-refractivity contribution is 7.14. The monoisotopic (exact) mass is 425 g/mol. The molecular weight excluding hydrogens is 402 g/mol. The highest BCUT2D eigenvalue weighted by Gasteiger charge is 2.27. The zero-order chi connectivity index (χ0) is 20.9. The summed E-state index contributed by atoms with van der Waals surface area (Å²) in [6.07, 6.45) is 5.18. The largest absolute Gasteiger partial charge is 0.497 e. The first-order valence-electron chi connectivity index (χ1n) is 9.71. The molecule has 3 heterocycles. The zero-order valence-electron chi connectivity index (χ0n) is 16.9. The van der Waals surface area contributed by atoms with E-state index >= 15 is 0 Å². The summed E-state index contributed by atoms with van der Waals surface area (Å²) in [5, 5.41) is 2.54. The summed E-state index contributed by atoms with van der Waals surface area (Å²) in [7, 11) is 3.24. The summed E-state index contributed by atoms with van der Waals surface area (Å²) >= 11 is 1.42. The molecule has 1 aromatic carbocycles. The summed E-state index contributed by atoms with van der Waals surface area (Å²) in [6, 6.07) is 8.99. The van der Waals surface area contributed by atoms with E-state index in [4.69, 9.17) is 19.2 Å². The first kappa shape index (κ1) is 20.3. The van der Waals surface area contributed by atoms with Crippen molar-refractivity contribution in [1.29, 1.82) is 0 Å². The minimum Gasteiger partial charge on any atom is -0.497 e. The number of rotatable bonds is 7. The van der Waals surface area contributed by atoms with Crippen LogP contribution in [0.5, 0.6) is 11.5 Å². The standard InChI is InChI=1S/C22H23N3O4S/c1-27-16-5-6-20(28-2)18(12-16)19-14-30-22(24-19)25(13-17-4-3-11-29-17)21(26)15-7-9-23-10-8-15/h5-10,12,14,17H,3-4,11,13H2,1-2H3/t17-/m0/s1. The number of hydrogen-bond acceptors (Lipinski definition) is 7. The van der Waals surface area contributed by atoms with Crippen LogP contribution in [0.2, 0.25) is 0 Å². The van der Waals surface area contributed by atoms with Crippen molar-refractivity contribution in [2.75, 3.05) is 32.3 Å². The van der Waals surface area contributed by atoms with E-state index in [9.17, 15) is 4.79 Å². The molecule has 0 saturated carbocycles. The van der Waals surface area contributed by atoms with Crippen molar-refractivity contribution in [1.82, 2.24) is 9.97 Å². The second-order valence-corrected chi connectivity index (χ2v) is 7.70. The van der Waals surface area contributed by atoms with Gasteiger partial charge in [-0.3, -0.25) is 14.7 Å². The molecule has 0 bridgehead atoms. The molecule has 0 unspecified atom stereocenters. The molecule has 3 aromatic rings. The van der Waals surface area contributed by atoms with E-state index in [1.54, 1.807) is 43.6 Å². The van der Waals surface area contributed by atoms with Crippen molar-refractivity contribution in [3.63, 3.8) is 0 Å². The van der Waals surface area contributed by atoms with E-state index < -0.39 is 0 Å². The number of anilines is 1. The molecule has 156 valence electrons. The quantitative estimate of drug-likeness (QED) is 0.569. The molecule has 7 nitrogen and oxygen atoms in total. The molecule has 0 N–H and O–H groups in total. The minimum absolute atomic E-state index is 0.00879. The maximum atomic E-state index is 13.3. The van der Waals surface area contributed by atoms with Gasteiger partial charge in [-0.1, -0.05) is 0 Å². The Labute approximate surface area is 179 Å². The summed E-state index contributed by atoms with van der Waals surface area (Å²) in [5.74, 6) is 1.29. The van der Waals surface area contributed by atoms with Crippen molar-refractivity contribution >= 4 is 22.4 Å². The number of ether oxygens (including phenoxy) is 3. The summed E-state index contributed by atoms with van der Waals surface area (Å²) in [6.45, 7) is 1.19. The molecule has 0 radical (unpaired) electrons. The van der Waals surface area contributed by atoms with Gasteiger partial charge in [0.2, 0.25) is 0 Å². The Morgan fingerprint density at radius 2 is 2.07 bits per heavy atom. The Morgan fingerprint density at radius 1 is 1.23 bits per heavy atom. The number of thiazole rings is 1. The third-order valence-electron chi connectivity index (χ3n) is 4.99. The van der Waals surface area contributed by atoms with Gasteiger partial charge in [-0.2, -0.15) is 0 Å². The molecule has 2 aromatic heterocycles. The Kier molecular flexibility index (Phi) is 6.25. The number of hydrogen-bond donors (Lipinski definition) is 0. The van der Waals surface area contributed by atoms with Crippen LogP contribution in [-0.2, 0) is 4.74 Å². The lowest BCUT2D eigenvalue weighted by Crippen LogP contribution is -2.37. The third-order valence-corrected chi connectivity index (χ3v) is 5.85. The SMILES string of the molecule is COc1ccc(OC)c(-c2csc(N(C[C@@H]3CCCO3)C(=O)c3ccncc3)n2)c1. The summed E-state index contributed by atoms with van der Waals surface area (Å²) in [4.78, 5) is 23.7. The molecule has 1 aliphatic rings. The average molecular weight is 426 g/mol. The zero-order valence-corrected chi connectivity index (χ0v) is 17.7. The van der Waals surface area contributed by atoms with Gasteiger partial charge in [-0.25, -0.2) is 4.98 Å². The van der Waals surface area contributed by atoms with Crippen molar-refractivity contribution in [2.24, 2.45) is 0 Å². The fourth-order valence-corrected chi connectivity index (χ4v) is 4.25. The van der Waals surface area contributed by atoms with Crippen molar-refractivity contribution in [3.05, 3.63) is 53.7 Å². The number of pyridine rings is 1. The van der Waals surface area contributed by atoms with E-state index in [0.717, 1.165) is 30.7 Å². The van der Waals surface area contributed by atoms with Gasteiger partial charge in [0.05, 0.1) is 32.6 Å². The van der Waals surface area contributed by atoms with E-state index in [1.807, 2.05) is 23.6 Å². The first-order chi connectivity index (χ1) is 14.7. The molecule has 1 amide bonds. The first-order valence-corrected chi connectivity index (χ1v) is 10.6. The van der Waals surface area contributed by atoms with Gasteiger partial charge < -0.3 is 14.2 Å². The van der Waals surface area contributed by atoms with E-state index in [-0.39, 0.29) is 12.0 Å². The molecule has 0 spiro atoms. The molecule has 0 aliphatic carbocycles. The molecule has 30 heavy (non-hydrogen) atoms. The topological polar surface area (TPSA) is 73.8 Å². The van der Waals surface area contributed by atoms with E-state index in [0.29, 0.717) is 28.7 Å². The number of carbonyl (C=O) groups is 1. The van der Waals surface area contributed by atoms with Gasteiger partial charge in [0, 0.05) is 35.5 Å². The maximum Gasteiger partial charge on any atom is 0.260 e. The van der Waals surface area contributed by atoms with Crippen LogP contribution in [0.4, 0.5) is 5.13 Å². The Hall–Kier alpha value is -2.97. The van der Waals surface area contributed by atoms with Crippen LogP contribution in [0, 0.1) is 0 Å². The number of nitrogens with zero attached hydrogens (tertiary/aromatic N) is 3. The van der Waals surface area contributed by atoms with E-state index in [1.165, 1.54) is 11.3 Å². The molecule has 4 rings (SSSR count). The minimum atomic E-state index is -0.119. The van der Waals surface area contributed by atoms with Crippen LogP contribution in [0.25, 0.3) is 11.3 Å². The average Bonchev–Trinajstić information content (AvgIpc) is 3.49. The van der Waals surface area contributed by atoms with Gasteiger partial charge in [0.25, 0.3) is 5.91 Å². The smallest absolute Gasteiger partial charge is 0.260 e. The van der Waals surface area contributed by atoms with Crippen LogP contribution in [0.15, 0.2) is 48.1 Å². The maximum absolute atomic E-state index is 13.3. The third kappa shape index (κ3) is 4.29. The van der Waals surface area contributed by atoms with Gasteiger partial charge in [-0.15, -0.1) is 11.3 Å². The molecule has 1 atom stereocenters. The molecule has 1 saturated heterocycles. The second-order valence-electron chi connectivity index (χ2n) is 6.87. The number of amides is 1. The number of methoxy groups -OCH3 is 2. The lowest BCUT2D eigenvalue weighted by Gasteiger charge is -2.23. The predicted molar refractivity (Wildman–Crippen MR) is 116 cm³/mol. The van der Waals surface area contributed by atoms with E-state index in [2.05, 4.69) is 4.98 Å². The number of benzene rings is 1. The highest BCUT2D eigenvalue weighted by Crippen LogP contribution is 2.36. The highest BCUT2D eigenvalue weighted by atomic mass is 32.1. The summed E-state index contributed by atoms with van der Waals surface area (Å²) in [5.41, 5.74) is 2.11. The number of aromatic nitrogens is 2. The summed E-state index contributed by atoms with van der Waals surface area (Å²) < 4.78 is 16.6. The lowest BCUT2D eigenvalue weighted by atomic mass is 10.1. The van der Waals surface area contributed by atoms with Gasteiger partial charge >= 0.3 is 0 Å². The lowest BCUT2D eigenvalue weighted by molar-refractivity contribution is 0.0917. The van der Waals surface area contributed by atoms with Gasteiger partial charge in [0.15, 0.2) is 5.13 Å². The molecule has 1 aliphatic heterocycles. The predicted octanol–water partition coefficient (Wildman–Crippen LogP) is 4.05. The second kappa shape index (κ2) is 9.23. The van der Waals surface area contributed by atoms with Crippen LogP contribution in [0.3, 0.4) is 0 Å². The Balaban J connectivity index is 1.68. The van der Waals surface area contributed by atoms with Crippen LogP contribution in [-0.4, -0.2) is 49.4 Å². The number of carbonyl (C=O) groups excluding carboxylic acids is 1. The Bertz CT molecular complexity index is 1000. The van der Waals surface area contributed by atoms with Gasteiger partial charge in [0.1, 0.15) is 11.5 Å². The van der Waals surface area contributed by atoms with Crippen LogP contribution >= 0.6 is 11.3 Å².